The zero-order chi connectivity index (χ0) is 30.6. The monoisotopic (exact) mass is 585 g/mol. The summed E-state index contributed by atoms with van der Waals surface area (Å²) in [5, 5.41) is 0.294. The molecule has 0 aliphatic rings. The van der Waals surface area contributed by atoms with Crippen LogP contribution >= 0.6 is 0 Å². The molecule has 1 heterocycles. The van der Waals surface area contributed by atoms with E-state index in [2.05, 4.69) is 4.74 Å². The lowest BCUT2D eigenvalue weighted by Gasteiger charge is -2.14. The van der Waals surface area contributed by atoms with Crippen LogP contribution < -0.4 is 14.2 Å². The fraction of sp³-hybridized carbons (Fsp3) is 0.290. The van der Waals surface area contributed by atoms with Crippen molar-refractivity contribution in [3.63, 3.8) is 0 Å². The molecular formula is C31H30F3NO7. The fourth-order valence-corrected chi connectivity index (χ4v) is 4.52. The van der Waals surface area contributed by atoms with Gasteiger partial charge in [0.15, 0.2) is 17.3 Å². The maximum absolute atomic E-state index is 14.7. The van der Waals surface area contributed by atoms with Gasteiger partial charge in [-0.1, -0.05) is 0 Å². The third kappa shape index (κ3) is 6.14. The van der Waals surface area contributed by atoms with Gasteiger partial charge >= 0.3 is 11.9 Å². The van der Waals surface area contributed by atoms with Crippen LogP contribution in [-0.2, 0) is 20.7 Å². The Balaban J connectivity index is 1.92. The lowest BCUT2D eigenvalue weighted by molar-refractivity contribution is -0.142. The molecule has 11 heteroatoms. The van der Waals surface area contributed by atoms with Crippen molar-refractivity contribution in [2.75, 3.05) is 20.3 Å². The van der Waals surface area contributed by atoms with Crippen molar-refractivity contribution in [3.8, 4) is 28.7 Å². The summed E-state index contributed by atoms with van der Waals surface area (Å²) in [4.78, 5) is 26.0. The maximum atomic E-state index is 14.7. The van der Waals surface area contributed by atoms with Gasteiger partial charge in [0.2, 0.25) is 11.6 Å². The van der Waals surface area contributed by atoms with Crippen molar-refractivity contribution in [2.24, 2.45) is 0 Å². The van der Waals surface area contributed by atoms with Gasteiger partial charge in [0.05, 0.1) is 43.9 Å². The summed E-state index contributed by atoms with van der Waals surface area (Å²) in [6.07, 6.45) is -0.324. The van der Waals surface area contributed by atoms with Gasteiger partial charge in [-0.25, -0.2) is 9.18 Å². The second-order valence-corrected chi connectivity index (χ2v) is 9.32. The van der Waals surface area contributed by atoms with Crippen LogP contribution in [0.25, 0.3) is 16.6 Å². The molecule has 0 aliphatic heterocycles. The van der Waals surface area contributed by atoms with E-state index in [4.69, 9.17) is 18.9 Å². The van der Waals surface area contributed by atoms with Crippen molar-refractivity contribution in [3.05, 3.63) is 77.2 Å². The van der Waals surface area contributed by atoms with Crippen molar-refractivity contribution in [2.45, 2.75) is 40.2 Å². The SMILES string of the molecule is CCOC(=O)Cc1c(C(=O)OCC)c2cc(Oc3cc(F)c(OC)c(F)c3F)ccc2n1-c1ccc(OC(C)C)cc1. The first-order chi connectivity index (χ1) is 20.1. The number of aromatic nitrogens is 1. The number of ether oxygens (including phenoxy) is 5. The number of fused-ring (bicyclic) bond motifs is 1. The van der Waals surface area contributed by atoms with E-state index in [0.29, 0.717) is 28.4 Å². The molecule has 0 radical (unpaired) electrons. The molecule has 0 N–H and O–H groups in total. The number of hydrogen-bond acceptors (Lipinski definition) is 7. The van der Waals surface area contributed by atoms with Gasteiger partial charge in [0.1, 0.15) is 11.5 Å². The summed E-state index contributed by atoms with van der Waals surface area (Å²) in [6, 6.07) is 12.1. The molecule has 4 rings (SSSR count). The molecule has 42 heavy (non-hydrogen) atoms. The normalized spacial score (nSPS) is 11.1. The number of halogens is 3. The number of benzene rings is 3. The molecule has 3 aromatic carbocycles. The Morgan fingerprint density at radius 1 is 0.881 bits per heavy atom. The first kappa shape index (κ1) is 30.3. The zero-order valence-corrected chi connectivity index (χ0v) is 23.8. The van der Waals surface area contributed by atoms with Gasteiger partial charge in [-0.2, -0.15) is 8.78 Å². The second kappa shape index (κ2) is 12.9. The quantitative estimate of drug-likeness (QED) is 0.140. The highest BCUT2D eigenvalue weighted by Gasteiger charge is 2.28. The van der Waals surface area contributed by atoms with E-state index >= 15 is 0 Å². The van der Waals surface area contributed by atoms with Gasteiger partial charge in [0.25, 0.3) is 0 Å². The summed E-state index contributed by atoms with van der Waals surface area (Å²) in [5.74, 6) is -6.47. The molecular weight excluding hydrogens is 555 g/mol. The van der Waals surface area contributed by atoms with Crippen LogP contribution in [0.15, 0.2) is 48.5 Å². The minimum Gasteiger partial charge on any atom is -0.491 e. The van der Waals surface area contributed by atoms with E-state index in [1.54, 1.807) is 48.7 Å². The van der Waals surface area contributed by atoms with E-state index < -0.39 is 40.9 Å². The Morgan fingerprint density at radius 3 is 2.17 bits per heavy atom. The van der Waals surface area contributed by atoms with Crippen LogP contribution in [0.1, 0.15) is 43.7 Å². The molecule has 0 amide bonds. The molecule has 1 aromatic heterocycles. The van der Waals surface area contributed by atoms with Crippen molar-refractivity contribution in [1.82, 2.24) is 4.57 Å². The van der Waals surface area contributed by atoms with Crippen molar-refractivity contribution >= 4 is 22.8 Å². The Morgan fingerprint density at radius 2 is 1.55 bits per heavy atom. The van der Waals surface area contributed by atoms with Crippen LogP contribution in [-0.4, -0.2) is 42.9 Å². The molecule has 0 bridgehead atoms. The van der Waals surface area contributed by atoms with Gasteiger partial charge in [-0.05, 0) is 70.2 Å². The predicted molar refractivity (Wildman–Crippen MR) is 148 cm³/mol. The molecule has 0 spiro atoms. The summed E-state index contributed by atoms with van der Waals surface area (Å²) in [6.45, 7) is 7.29. The minimum atomic E-state index is -1.55. The average Bonchev–Trinajstić information content (AvgIpc) is 3.25. The van der Waals surface area contributed by atoms with Gasteiger partial charge < -0.3 is 28.3 Å². The van der Waals surface area contributed by atoms with E-state index in [1.165, 1.54) is 12.1 Å². The van der Waals surface area contributed by atoms with Crippen LogP contribution in [0.2, 0.25) is 0 Å². The lowest BCUT2D eigenvalue weighted by Crippen LogP contribution is -2.15. The fourth-order valence-electron chi connectivity index (χ4n) is 4.52. The molecule has 0 aliphatic carbocycles. The minimum absolute atomic E-state index is 0.0311. The Labute approximate surface area is 240 Å². The summed E-state index contributed by atoms with van der Waals surface area (Å²) in [7, 11) is 1.01. The predicted octanol–water partition coefficient (Wildman–Crippen LogP) is 6.92. The number of rotatable bonds is 11. The number of nitrogens with zero attached hydrogens (tertiary/aromatic N) is 1. The molecule has 0 fully saturated rings. The standard InChI is InChI=1S/C31H30F3NO7/c1-6-39-26(36)16-24-27(31(37)40-7-2)21-14-20(42-25-15-22(32)30(38-5)29(34)28(25)33)12-13-23(21)35(24)18-8-10-19(11-9-18)41-17(3)4/h8-15,17H,6-7,16H2,1-5H3. The molecule has 0 atom stereocenters. The number of hydrogen-bond donors (Lipinski definition) is 0. The molecule has 0 unspecified atom stereocenters. The molecule has 8 nitrogen and oxygen atoms in total. The third-order valence-electron chi connectivity index (χ3n) is 6.12. The van der Waals surface area contributed by atoms with Crippen molar-refractivity contribution in [1.29, 1.82) is 0 Å². The maximum Gasteiger partial charge on any atom is 0.340 e. The van der Waals surface area contributed by atoms with E-state index in [0.717, 1.165) is 7.11 Å². The van der Waals surface area contributed by atoms with Crippen LogP contribution in [0.4, 0.5) is 13.2 Å². The molecule has 0 saturated carbocycles. The number of methoxy groups -OCH3 is 1. The summed E-state index contributed by atoms with van der Waals surface area (Å²) >= 11 is 0. The van der Waals surface area contributed by atoms with Gasteiger partial charge in [0, 0.05) is 22.8 Å². The van der Waals surface area contributed by atoms with Crippen LogP contribution in [0.5, 0.6) is 23.0 Å². The third-order valence-corrected chi connectivity index (χ3v) is 6.12. The first-order valence-electron chi connectivity index (χ1n) is 13.3. The number of carbonyl (C=O) groups is 2. The molecule has 222 valence electrons. The Bertz CT molecular complexity index is 1610. The summed E-state index contributed by atoms with van der Waals surface area (Å²) < 4.78 is 71.3. The smallest absolute Gasteiger partial charge is 0.340 e. The van der Waals surface area contributed by atoms with E-state index in [9.17, 15) is 22.8 Å². The molecule has 0 saturated heterocycles. The molecule has 4 aromatic rings. The first-order valence-corrected chi connectivity index (χ1v) is 13.3. The Kier molecular flexibility index (Phi) is 9.29. The Hall–Kier alpha value is -4.67. The van der Waals surface area contributed by atoms with Crippen LogP contribution in [0, 0.1) is 17.5 Å². The number of carbonyl (C=O) groups excluding carboxylic acids is 2. The van der Waals surface area contributed by atoms with Crippen LogP contribution in [0.3, 0.4) is 0 Å². The van der Waals surface area contributed by atoms with E-state index in [-0.39, 0.29) is 42.7 Å². The second-order valence-electron chi connectivity index (χ2n) is 9.32. The van der Waals surface area contributed by atoms with Gasteiger partial charge in [-0.15, -0.1) is 0 Å². The zero-order valence-electron chi connectivity index (χ0n) is 23.8. The van der Waals surface area contributed by atoms with Gasteiger partial charge in [-0.3, -0.25) is 4.79 Å². The summed E-state index contributed by atoms with van der Waals surface area (Å²) in [5.41, 5.74) is 1.42. The lowest BCUT2D eigenvalue weighted by atomic mass is 10.1. The van der Waals surface area contributed by atoms with Crippen molar-refractivity contribution < 1.29 is 46.4 Å². The number of esters is 2. The van der Waals surface area contributed by atoms with E-state index in [1.807, 2.05) is 13.8 Å². The highest BCUT2D eigenvalue weighted by atomic mass is 19.2. The largest absolute Gasteiger partial charge is 0.491 e. The highest BCUT2D eigenvalue weighted by molar-refractivity contribution is 6.07. The topological polar surface area (TPSA) is 85.2 Å². The highest BCUT2D eigenvalue weighted by Crippen LogP contribution is 2.37. The average molecular weight is 586 g/mol.